The van der Waals surface area contributed by atoms with Gasteiger partial charge >= 0.3 is 0 Å². The van der Waals surface area contributed by atoms with Gasteiger partial charge in [0.25, 0.3) is 0 Å². The summed E-state index contributed by atoms with van der Waals surface area (Å²) in [6, 6.07) is 11.9. The predicted molar refractivity (Wildman–Crippen MR) is 81.8 cm³/mol. The van der Waals surface area contributed by atoms with Crippen LogP contribution in [0.4, 0.5) is 0 Å². The zero-order valence-electron chi connectivity index (χ0n) is 12.3. The summed E-state index contributed by atoms with van der Waals surface area (Å²) in [5, 5.41) is 0. The topological polar surface area (TPSA) is 48.1 Å². The number of aryl methyl sites for hydroxylation is 1. The Bertz CT molecular complexity index is 566. The van der Waals surface area contributed by atoms with E-state index in [4.69, 9.17) is 10.5 Å². The first-order valence-corrected chi connectivity index (χ1v) is 6.99. The number of nitrogens with two attached hydrogens (primary N) is 1. The zero-order chi connectivity index (χ0) is 14.5. The lowest BCUT2D eigenvalue weighted by atomic mass is 10.0. The smallest absolute Gasteiger partial charge is 0.120 e. The third kappa shape index (κ3) is 3.81. The van der Waals surface area contributed by atoms with E-state index in [0.717, 1.165) is 23.4 Å². The second-order valence-corrected chi connectivity index (χ2v) is 5.32. The third-order valence-corrected chi connectivity index (χ3v) is 3.19. The lowest BCUT2D eigenvalue weighted by Crippen LogP contribution is -2.15. The standard InChI is InChI=1S/C17H22N2O/c1-12(2)20-15-8-4-7-14(10-15)16(18)11-17-13(3)6-5-9-19-17/h4-10,12,16H,11,18H2,1-3H3. The Morgan fingerprint density at radius 3 is 2.70 bits per heavy atom. The van der Waals surface area contributed by atoms with Crippen LogP contribution < -0.4 is 10.5 Å². The third-order valence-electron chi connectivity index (χ3n) is 3.19. The van der Waals surface area contributed by atoms with Gasteiger partial charge in [0.1, 0.15) is 5.75 Å². The summed E-state index contributed by atoms with van der Waals surface area (Å²) in [5.41, 5.74) is 9.61. The Balaban J connectivity index is 2.13. The highest BCUT2D eigenvalue weighted by Gasteiger charge is 2.11. The maximum Gasteiger partial charge on any atom is 0.120 e. The van der Waals surface area contributed by atoms with Crippen molar-refractivity contribution >= 4 is 0 Å². The second kappa shape index (κ2) is 6.53. The Kier molecular flexibility index (Phi) is 4.74. The number of aromatic nitrogens is 1. The summed E-state index contributed by atoms with van der Waals surface area (Å²) >= 11 is 0. The molecule has 20 heavy (non-hydrogen) atoms. The SMILES string of the molecule is Cc1cccnc1CC(N)c1cccc(OC(C)C)c1. The fourth-order valence-electron chi connectivity index (χ4n) is 2.15. The molecule has 2 rings (SSSR count). The molecule has 0 amide bonds. The van der Waals surface area contributed by atoms with Crippen molar-refractivity contribution in [2.75, 3.05) is 0 Å². The Morgan fingerprint density at radius 1 is 1.20 bits per heavy atom. The molecule has 0 bridgehead atoms. The quantitative estimate of drug-likeness (QED) is 0.905. The molecule has 0 aliphatic rings. The maximum atomic E-state index is 6.30. The van der Waals surface area contributed by atoms with Gasteiger partial charge in [0, 0.05) is 24.4 Å². The largest absolute Gasteiger partial charge is 0.491 e. The van der Waals surface area contributed by atoms with Crippen molar-refractivity contribution in [2.45, 2.75) is 39.3 Å². The number of ether oxygens (including phenoxy) is 1. The molecule has 1 heterocycles. The molecule has 1 aromatic heterocycles. The van der Waals surface area contributed by atoms with Gasteiger partial charge in [-0.15, -0.1) is 0 Å². The molecule has 2 aromatic rings. The summed E-state index contributed by atoms with van der Waals surface area (Å²) in [4.78, 5) is 4.40. The molecule has 0 saturated carbocycles. The molecule has 0 saturated heterocycles. The van der Waals surface area contributed by atoms with Crippen molar-refractivity contribution in [3.05, 3.63) is 59.4 Å². The van der Waals surface area contributed by atoms with E-state index in [-0.39, 0.29) is 12.1 Å². The van der Waals surface area contributed by atoms with Crippen LogP contribution in [0.5, 0.6) is 5.75 Å². The number of rotatable bonds is 5. The zero-order valence-corrected chi connectivity index (χ0v) is 12.3. The van der Waals surface area contributed by atoms with E-state index < -0.39 is 0 Å². The summed E-state index contributed by atoms with van der Waals surface area (Å²) < 4.78 is 5.71. The molecule has 3 nitrogen and oxygen atoms in total. The van der Waals surface area contributed by atoms with Crippen molar-refractivity contribution in [1.29, 1.82) is 0 Å². The van der Waals surface area contributed by atoms with E-state index in [1.165, 1.54) is 5.56 Å². The fraction of sp³-hybridized carbons (Fsp3) is 0.353. The van der Waals surface area contributed by atoms with E-state index in [9.17, 15) is 0 Å². The van der Waals surface area contributed by atoms with Crippen LogP contribution in [-0.4, -0.2) is 11.1 Å². The number of pyridine rings is 1. The normalized spacial score (nSPS) is 12.4. The molecule has 2 N–H and O–H groups in total. The molecule has 1 unspecified atom stereocenters. The monoisotopic (exact) mass is 270 g/mol. The molecule has 0 aliphatic carbocycles. The summed E-state index contributed by atoms with van der Waals surface area (Å²) in [7, 11) is 0. The fourth-order valence-corrected chi connectivity index (χ4v) is 2.15. The van der Waals surface area contributed by atoms with E-state index in [1.54, 1.807) is 0 Å². The average molecular weight is 270 g/mol. The maximum absolute atomic E-state index is 6.30. The molecule has 3 heteroatoms. The lowest BCUT2D eigenvalue weighted by molar-refractivity contribution is 0.242. The molecular weight excluding hydrogens is 248 g/mol. The second-order valence-electron chi connectivity index (χ2n) is 5.32. The molecule has 0 fully saturated rings. The predicted octanol–water partition coefficient (Wildman–Crippen LogP) is 3.42. The highest BCUT2D eigenvalue weighted by atomic mass is 16.5. The minimum Gasteiger partial charge on any atom is -0.491 e. The van der Waals surface area contributed by atoms with E-state index in [0.29, 0.717) is 0 Å². The lowest BCUT2D eigenvalue weighted by Gasteiger charge is -2.15. The number of nitrogens with zero attached hydrogens (tertiary/aromatic N) is 1. The molecule has 0 aliphatic heterocycles. The number of hydrogen-bond acceptors (Lipinski definition) is 3. The van der Waals surface area contributed by atoms with Gasteiger partial charge in [0.2, 0.25) is 0 Å². The van der Waals surface area contributed by atoms with Gasteiger partial charge in [0.05, 0.1) is 6.10 Å². The minimum absolute atomic E-state index is 0.0701. The van der Waals surface area contributed by atoms with Gasteiger partial charge in [-0.3, -0.25) is 4.98 Å². The van der Waals surface area contributed by atoms with Gasteiger partial charge in [-0.25, -0.2) is 0 Å². The highest BCUT2D eigenvalue weighted by molar-refractivity contribution is 5.32. The van der Waals surface area contributed by atoms with Crippen molar-refractivity contribution in [3.63, 3.8) is 0 Å². The molecule has 0 spiro atoms. The molecule has 0 radical (unpaired) electrons. The first kappa shape index (κ1) is 14.5. The number of hydrogen-bond donors (Lipinski definition) is 1. The van der Waals surface area contributed by atoms with Gasteiger partial charge in [-0.1, -0.05) is 18.2 Å². The van der Waals surface area contributed by atoms with Gasteiger partial charge < -0.3 is 10.5 Å². The van der Waals surface area contributed by atoms with Gasteiger partial charge in [-0.05, 0) is 50.1 Å². The van der Waals surface area contributed by atoms with Crippen LogP contribution in [-0.2, 0) is 6.42 Å². The van der Waals surface area contributed by atoms with Crippen LogP contribution >= 0.6 is 0 Å². The highest BCUT2D eigenvalue weighted by Crippen LogP contribution is 2.22. The molecule has 1 atom stereocenters. The van der Waals surface area contributed by atoms with Gasteiger partial charge in [0.15, 0.2) is 0 Å². The van der Waals surface area contributed by atoms with Crippen LogP contribution in [0.25, 0.3) is 0 Å². The summed E-state index contributed by atoms with van der Waals surface area (Å²) in [6.45, 7) is 6.10. The summed E-state index contributed by atoms with van der Waals surface area (Å²) in [6.07, 6.45) is 2.71. The molecule has 106 valence electrons. The first-order valence-electron chi connectivity index (χ1n) is 6.99. The molecular formula is C17H22N2O. The molecule has 1 aromatic carbocycles. The van der Waals surface area contributed by atoms with Crippen molar-refractivity contribution in [1.82, 2.24) is 4.98 Å². The van der Waals surface area contributed by atoms with Crippen LogP contribution in [0.15, 0.2) is 42.6 Å². The Hall–Kier alpha value is -1.87. The average Bonchev–Trinajstić information content (AvgIpc) is 2.41. The van der Waals surface area contributed by atoms with Crippen molar-refractivity contribution in [2.24, 2.45) is 5.73 Å². The van der Waals surface area contributed by atoms with Crippen molar-refractivity contribution < 1.29 is 4.74 Å². The van der Waals surface area contributed by atoms with Crippen LogP contribution in [0.3, 0.4) is 0 Å². The minimum atomic E-state index is -0.0701. The van der Waals surface area contributed by atoms with E-state index in [1.807, 2.05) is 50.4 Å². The van der Waals surface area contributed by atoms with Gasteiger partial charge in [-0.2, -0.15) is 0 Å². The first-order chi connectivity index (χ1) is 9.56. The van der Waals surface area contributed by atoms with Crippen LogP contribution in [0.1, 0.15) is 36.7 Å². The van der Waals surface area contributed by atoms with Crippen LogP contribution in [0.2, 0.25) is 0 Å². The van der Waals surface area contributed by atoms with E-state index >= 15 is 0 Å². The number of benzene rings is 1. The summed E-state index contributed by atoms with van der Waals surface area (Å²) in [5.74, 6) is 0.866. The van der Waals surface area contributed by atoms with Crippen molar-refractivity contribution in [3.8, 4) is 5.75 Å². The van der Waals surface area contributed by atoms with Crippen LogP contribution in [0, 0.1) is 6.92 Å². The van der Waals surface area contributed by atoms with E-state index in [2.05, 4.69) is 18.0 Å². The Labute approximate surface area is 120 Å². The Morgan fingerprint density at radius 2 is 2.00 bits per heavy atom.